The lowest BCUT2D eigenvalue weighted by Gasteiger charge is -2.05. The maximum absolute atomic E-state index is 11.8. The Kier molecular flexibility index (Phi) is 5.38. The second-order valence-corrected chi connectivity index (χ2v) is 5.02. The lowest BCUT2D eigenvalue weighted by molar-refractivity contribution is -0.131. The van der Waals surface area contributed by atoms with Gasteiger partial charge in [0, 0.05) is 22.3 Å². The van der Waals surface area contributed by atoms with Gasteiger partial charge in [-0.3, -0.25) is 9.59 Å². The first-order valence-corrected chi connectivity index (χ1v) is 7.03. The number of aliphatic hydroxyl groups excluding tert-OH is 1. The maximum atomic E-state index is 11.8. The summed E-state index contributed by atoms with van der Waals surface area (Å²) in [5.41, 5.74) is 0.837. The third kappa shape index (κ3) is 4.59. The van der Waals surface area contributed by atoms with Crippen molar-refractivity contribution in [3.8, 4) is 5.75 Å². The number of aliphatic hydroxyl groups is 1. The number of methoxy groups -OCH3 is 1. The third-order valence-corrected chi connectivity index (χ3v) is 3.23. The molecule has 0 radical (unpaired) electrons. The van der Waals surface area contributed by atoms with E-state index in [4.69, 9.17) is 16.3 Å². The molecular weight excluding hydrogens is 318 g/mol. The molecule has 2 rings (SSSR count). The topological polar surface area (TPSA) is 75.6 Å². The van der Waals surface area contributed by atoms with Gasteiger partial charge < -0.3 is 15.2 Å². The van der Waals surface area contributed by atoms with Crippen molar-refractivity contribution < 1.29 is 19.4 Å². The van der Waals surface area contributed by atoms with Gasteiger partial charge in [-0.25, -0.2) is 0 Å². The lowest BCUT2D eigenvalue weighted by atomic mass is 10.1. The van der Waals surface area contributed by atoms with E-state index in [1.807, 2.05) is 0 Å². The molecule has 0 saturated carbocycles. The zero-order chi connectivity index (χ0) is 16.8. The van der Waals surface area contributed by atoms with E-state index in [1.54, 1.807) is 48.5 Å². The fourth-order valence-electron chi connectivity index (χ4n) is 1.76. The van der Waals surface area contributed by atoms with E-state index in [0.717, 1.165) is 6.08 Å². The molecule has 0 aliphatic carbocycles. The Morgan fingerprint density at radius 3 is 2.26 bits per heavy atom. The highest BCUT2D eigenvalue weighted by Crippen LogP contribution is 2.17. The standard InChI is InChI=1S/C17H14ClNO4/c1-23-14-8-6-13(7-9-14)19-17(22)16(21)10-15(20)11-2-4-12(18)5-3-11/h2-10,20H,1H3,(H,19,22)/b15-10-. The van der Waals surface area contributed by atoms with E-state index in [9.17, 15) is 14.7 Å². The van der Waals surface area contributed by atoms with Crippen LogP contribution in [0.3, 0.4) is 0 Å². The molecule has 23 heavy (non-hydrogen) atoms. The third-order valence-electron chi connectivity index (χ3n) is 2.98. The van der Waals surface area contributed by atoms with Gasteiger partial charge in [-0.15, -0.1) is 0 Å². The molecule has 6 heteroatoms. The molecule has 0 aromatic heterocycles. The number of anilines is 1. The van der Waals surface area contributed by atoms with Crippen molar-refractivity contribution in [2.24, 2.45) is 0 Å². The summed E-state index contributed by atoms with van der Waals surface area (Å²) < 4.78 is 5.00. The highest BCUT2D eigenvalue weighted by atomic mass is 35.5. The number of hydrogen-bond acceptors (Lipinski definition) is 4. The zero-order valence-electron chi connectivity index (χ0n) is 12.2. The summed E-state index contributed by atoms with van der Waals surface area (Å²) >= 11 is 5.74. The number of benzene rings is 2. The number of carbonyl (C=O) groups is 2. The summed E-state index contributed by atoms with van der Waals surface area (Å²) in [6, 6.07) is 12.7. The fourth-order valence-corrected chi connectivity index (χ4v) is 1.89. The molecule has 5 nitrogen and oxygen atoms in total. The number of halogens is 1. The molecule has 0 bridgehead atoms. The number of hydrogen-bond donors (Lipinski definition) is 2. The first-order valence-electron chi connectivity index (χ1n) is 6.65. The Hall–Kier alpha value is -2.79. The molecule has 2 N–H and O–H groups in total. The van der Waals surface area contributed by atoms with Crippen LogP contribution in [-0.4, -0.2) is 23.9 Å². The van der Waals surface area contributed by atoms with Gasteiger partial charge in [-0.1, -0.05) is 11.6 Å². The maximum Gasteiger partial charge on any atom is 0.296 e. The van der Waals surface area contributed by atoms with Crippen molar-refractivity contribution in [2.75, 3.05) is 12.4 Å². The zero-order valence-corrected chi connectivity index (χ0v) is 13.0. The SMILES string of the molecule is COc1ccc(NC(=O)C(=O)/C=C(\O)c2ccc(Cl)cc2)cc1. The molecular formula is C17H14ClNO4. The molecule has 2 aromatic rings. The van der Waals surface area contributed by atoms with Crippen molar-refractivity contribution in [2.45, 2.75) is 0 Å². The molecule has 0 unspecified atom stereocenters. The Bertz CT molecular complexity index is 736. The van der Waals surface area contributed by atoms with Crippen LogP contribution in [-0.2, 0) is 9.59 Å². The smallest absolute Gasteiger partial charge is 0.296 e. The molecule has 0 fully saturated rings. The Morgan fingerprint density at radius 1 is 1.09 bits per heavy atom. The van der Waals surface area contributed by atoms with Crippen LogP contribution in [0, 0.1) is 0 Å². The van der Waals surface area contributed by atoms with Gasteiger partial charge in [0.15, 0.2) is 0 Å². The highest BCUT2D eigenvalue weighted by Gasteiger charge is 2.13. The average Bonchev–Trinajstić information content (AvgIpc) is 2.56. The Labute approximate surface area is 138 Å². The highest BCUT2D eigenvalue weighted by molar-refractivity contribution is 6.45. The van der Waals surface area contributed by atoms with Crippen molar-refractivity contribution >= 4 is 34.7 Å². The molecule has 0 spiro atoms. The van der Waals surface area contributed by atoms with E-state index in [-0.39, 0.29) is 5.76 Å². The molecule has 0 atom stereocenters. The summed E-state index contributed by atoms with van der Waals surface area (Å²) in [5.74, 6) is -1.39. The summed E-state index contributed by atoms with van der Waals surface area (Å²) in [4.78, 5) is 23.6. The normalized spacial score (nSPS) is 11.0. The van der Waals surface area contributed by atoms with Crippen molar-refractivity contribution in [1.82, 2.24) is 0 Å². The first kappa shape index (κ1) is 16.6. The predicted octanol–water partition coefficient (Wildman–Crippen LogP) is 3.46. The van der Waals surface area contributed by atoms with Crippen LogP contribution in [0.15, 0.2) is 54.6 Å². The number of rotatable bonds is 5. The van der Waals surface area contributed by atoms with Crippen LogP contribution in [0.2, 0.25) is 5.02 Å². The minimum absolute atomic E-state index is 0.309. The fraction of sp³-hybridized carbons (Fsp3) is 0.0588. The van der Waals surface area contributed by atoms with Crippen LogP contribution in [0.5, 0.6) is 5.75 Å². The predicted molar refractivity (Wildman–Crippen MR) is 88.7 cm³/mol. The number of amides is 1. The second kappa shape index (κ2) is 7.47. The molecule has 1 amide bonds. The van der Waals surface area contributed by atoms with Crippen LogP contribution in [0.25, 0.3) is 5.76 Å². The van der Waals surface area contributed by atoms with Crippen LogP contribution < -0.4 is 10.1 Å². The Balaban J connectivity index is 2.05. The van der Waals surface area contributed by atoms with Crippen molar-refractivity contribution in [1.29, 1.82) is 0 Å². The molecule has 118 valence electrons. The van der Waals surface area contributed by atoms with Crippen molar-refractivity contribution in [3.63, 3.8) is 0 Å². The van der Waals surface area contributed by atoms with Gasteiger partial charge in [0.25, 0.3) is 5.91 Å². The van der Waals surface area contributed by atoms with Gasteiger partial charge in [-0.05, 0) is 48.5 Å². The van der Waals surface area contributed by atoms with E-state index >= 15 is 0 Å². The van der Waals surface area contributed by atoms with Crippen LogP contribution in [0.1, 0.15) is 5.56 Å². The monoisotopic (exact) mass is 331 g/mol. The van der Waals surface area contributed by atoms with Crippen LogP contribution >= 0.6 is 11.6 Å². The van der Waals surface area contributed by atoms with E-state index in [2.05, 4.69) is 5.32 Å². The number of carbonyl (C=O) groups excluding carboxylic acids is 2. The average molecular weight is 332 g/mol. The number of ether oxygens (including phenoxy) is 1. The van der Waals surface area contributed by atoms with Crippen LogP contribution in [0.4, 0.5) is 5.69 Å². The van der Waals surface area contributed by atoms with E-state index < -0.39 is 11.7 Å². The molecule has 0 aliphatic heterocycles. The second-order valence-electron chi connectivity index (χ2n) is 4.58. The summed E-state index contributed by atoms with van der Waals surface area (Å²) in [6.45, 7) is 0. The minimum Gasteiger partial charge on any atom is -0.507 e. The molecule has 2 aromatic carbocycles. The van der Waals surface area contributed by atoms with Gasteiger partial charge in [0.1, 0.15) is 11.5 Å². The summed E-state index contributed by atoms with van der Waals surface area (Å²) in [6.07, 6.45) is 0.863. The molecule has 0 saturated heterocycles. The number of ketones is 1. The van der Waals surface area contributed by atoms with Gasteiger partial charge in [0.05, 0.1) is 7.11 Å². The van der Waals surface area contributed by atoms with E-state index in [0.29, 0.717) is 22.0 Å². The van der Waals surface area contributed by atoms with Gasteiger partial charge in [-0.2, -0.15) is 0 Å². The van der Waals surface area contributed by atoms with Gasteiger partial charge in [0.2, 0.25) is 5.78 Å². The Morgan fingerprint density at radius 2 is 1.70 bits per heavy atom. The quantitative estimate of drug-likeness (QED) is 0.500. The van der Waals surface area contributed by atoms with Crippen molar-refractivity contribution in [3.05, 3.63) is 65.2 Å². The molecule has 0 heterocycles. The largest absolute Gasteiger partial charge is 0.507 e. The molecule has 0 aliphatic rings. The summed E-state index contributed by atoms with van der Waals surface area (Å²) in [5, 5.41) is 12.8. The number of nitrogens with one attached hydrogen (secondary N) is 1. The lowest BCUT2D eigenvalue weighted by Crippen LogP contribution is -2.21. The van der Waals surface area contributed by atoms with E-state index in [1.165, 1.54) is 7.11 Å². The first-order chi connectivity index (χ1) is 11.0. The summed E-state index contributed by atoms with van der Waals surface area (Å²) in [7, 11) is 1.53. The minimum atomic E-state index is -0.867. The van der Waals surface area contributed by atoms with Gasteiger partial charge >= 0.3 is 0 Å².